The highest BCUT2D eigenvalue weighted by molar-refractivity contribution is 6.04. The van der Waals surface area contributed by atoms with Crippen LogP contribution in [0.15, 0.2) is 78.9 Å². The quantitative estimate of drug-likeness (QED) is 0.394. The van der Waals surface area contributed by atoms with Crippen LogP contribution in [-0.4, -0.2) is 37.5 Å². The van der Waals surface area contributed by atoms with E-state index in [4.69, 9.17) is 4.74 Å². The minimum Gasteiger partial charge on any atom is -0.493 e. The van der Waals surface area contributed by atoms with Crippen molar-refractivity contribution in [3.05, 3.63) is 95.6 Å². The molecule has 0 saturated carbocycles. The molecule has 3 rings (SSSR count). The summed E-state index contributed by atoms with van der Waals surface area (Å²) < 4.78 is 35.4. The molecule has 8 heteroatoms. The zero-order chi connectivity index (χ0) is 25.4. The van der Waals surface area contributed by atoms with Gasteiger partial charge in [-0.05, 0) is 48.9 Å². The Hall–Kier alpha value is -4.20. The Morgan fingerprint density at radius 2 is 1.71 bits per heavy atom. The zero-order valence-corrected chi connectivity index (χ0v) is 19.6. The molecular formula is C27H26F2N2O4. The molecule has 182 valence electrons. The van der Waals surface area contributed by atoms with E-state index in [1.807, 2.05) is 19.1 Å². The van der Waals surface area contributed by atoms with Gasteiger partial charge in [-0.2, -0.15) is 8.78 Å². The van der Waals surface area contributed by atoms with Crippen LogP contribution in [-0.2, 0) is 4.79 Å². The third-order valence-corrected chi connectivity index (χ3v) is 5.43. The number of hydrogen-bond donors (Lipinski definition) is 1. The van der Waals surface area contributed by atoms with E-state index in [0.717, 1.165) is 5.56 Å². The van der Waals surface area contributed by atoms with Crippen molar-refractivity contribution in [2.24, 2.45) is 0 Å². The van der Waals surface area contributed by atoms with Gasteiger partial charge in [0.05, 0.1) is 13.2 Å². The number of carbonyl (C=O) groups is 2. The monoisotopic (exact) mass is 480 g/mol. The topological polar surface area (TPSA) is 67.9 Å². The third kappa shape index (κ3) is 6.66. The van der Waals surface area contributed by atoms with Gasteiger partial charge in [0.25, 0.3) is 5.91 Å². The van der Waals surface area contributed by atoms with Crippen LogP contribution in [0.2, 0.25) is 0 Å². The van der Waals surface area contributed by atoms with E-state index in [1.54, 1.807) is 61.6 Å². The van der Waals surface area contributed by atoms with Gasteiger partial charge in [-0.25, -0.2) is 0 Å². The van der Waals surface area contributed by atoms with Crippen LogP contribution < -0.4 is 14.8 Å². The maximum absolute atomic E-state index is 12.8. The van der Waals surface area contributed by atoms with E-state index in [2.05, 4.69) is 10.1 Å². The highest BCUT2D eigenvalue weighted by Crippen LogP contribution is 2.33. The smallest absolute Gasteiger partial charge is 0.387 e. The Bertz CT molecular complexity index is 1200. The molecule has 0 fully saturated rings. The summed E-state index contributed by atoms with van der Waals surface area (Å²) in [5, 5.41) is 2.86. The largest absolute Gasteiger partial charge is 0.493 e. The van der Waals surface area contributed by atoms with Gasteiger partial charge in [0, 0.05) is 29.9 Å². The van der Waals surface area contributed by atoms with Crippen LogP contribution in [0, 0.1) is 0 Å². The van der Waals surface area contributed by atoms with E-state index < -0.39 is 6.61 Å². The molecule has 0 aromatic heterocycles. The molecule has 0 bridgehead atoms. The van der Waals surface area contributed by atoms with Gasteiger partial charge in [-0.1, -0.05) is 42.5 Å². The van der Waals surface area contributed by atoms with E-state index in [1.165, 1.54) is 30.2 Å². The molecule has 6 nitrogen and oxygen atoms in total. The van der Waals surface area contributed by atoms with Crippen LogP contribution in [0.25, 0.3) is 6.08 Å². The summed E-state index contributed by atoms with van der Waals surface area (Å²) in [5.74, 6) is -0.590. The average Bonchev–Trinajstić information content (AvgIpc) is 2.87. The lowest BCUT2D eigenvalue weighted by atomic mass is 10.1. The van der Waals surface area contributed by atoms with Gasteiger partial charge < -0.3 is 19.7 Å². The second-order valence-electron chi connectivity index (χ2n) is 7.66. The van der Waals surface area contributed by atoms with Crippen molar-refractivity contribution < 1.29 is 27.8 Å². The summed E-state index contributed by atoms with van der Waals surface area (Å²) in [7, 11) is 2.98. The normalized spacial score (nSPS) is 11.8. The molecular weight excluding hydrogens is 454 g/mol. The number of nitrogens with one attached hydrogen (secondary N) is 1. The van der Waals surface area contributed by atoms with Crippen molar-refractivity contribution in [2.45, 2.75) is 19.6 Å². The van der Waals surface area contributed by atoms with Gasteiger partial charge in [0.15, 0.2) is 11.5 Å². The molecule has 0 heterocycles. The van der Waals surface area contributed by atoms with Crippen molar-refractivity contribution >= 4 is 23.6 Å². The van der Waals surface area contributed by atoms with Crippen molar-refractivity contribution in [1.29, 1.82) is 0 Å². The average molecular weight is 481 g/mol. The molecule has 0 saturated heterocycles. The number of para-hydroxylation sites is 1. The summed E-state index contributed by atoms with van der Waals surface area (Å²) in [6.07, 6.45) is 2.69. The van der Waals surface area contributed by atoms with Crippen molar-refractivity contribution in [3.63, 3.8) is 0 Å². The molecule has 3 aromatic rings. The lowest BCUT2D eigenvalue weighted by Crippen LogP contribution is -2.28. The number of rotatable bonds is 9. The molecule has 0 aliphatic carbocycles. The number of likely N-dealkylation sites (N-methyl/N-ethyl adjacent to an activating group) is 1. The Labute approximate surface area is 202 Å². The predicted molar refractivity (Wildman–Crippen MR) is 131 cm³/mol. The summed E-state index contributed by atoms with van der Waals surface area (Å²) in [4.78, 5) is 26.8. The van der Waals surface area contributed by atoms with E-state index in [-0.39, 0.29) is 34.9 Å². The molecule has 1 N–H and O–H groups in total. The molecule has 2 amide bonds. The fourth-order valence-corrected chi connectivity index (χ4v) is 3.40. The summed E-state index contributed by atoms with van der Waals surface area (Å²) in [5.41, 5.74) is 2.23. The maximum Gasteiger partial charge on any atom is 0.387 e. The van der Waals surface area contributed by atoms with Gasteiger partial charge in [0.2, 0.25) is 5.91 Å². The van der Waals surface area contributed by atoms with Gasteiger partial charge in [0.1, 0.15) is 0 Å². The number of hydrogen-bond acceptors (Lipinski definition) is 4. The molecule has 0 radical (unpaired) electrons. The van der Waals surface area contributed by atoms with E-state index in [9.17, 15) is 18.4 Å². The lowest BCUT2D eigenvalue weighted by molar-refractivity contribution is -0.126. The lowest BCUT2D eigenvalue weighted by Gasteiger charge is -2.24. The molecule has 0 aliphatic heterocycles. The number of ether oxygens (including phenoxy) is 2. The highest BCUT2D eigenvalue weighted by atomic mass is 19.3. The third-order valence-electron chi connectivity index (χ3n) is 5.43. The molecule has 1 unspecified atom stereocenters. The number of amides is 2. The number of halogens is 2. The first kappa shape index (κ1) is 25.4. The number of alkyl halides is 2. The summed E-state index contributed by atoms with van der Waals surface area (Å²) >= 11 is 0. The number of nitrogens with zero attached hydrogens (tertiary/aromatic N) is 1. The molecule has 1 atom stereocenters. The number of methoxy groups -OCH3 is 1. The van der Waals surface area contributed by atoms with Crippen molar-refractivity contribution in [2.75, 3.05) is 19.5 Å². The van der Waals surface area contributed by atoms with E-state index >= 15 is 0 Å². The Kier molecular flexibility index (Phi) is 8.56. The first-order valence-electron chi connectivity index (χ1n) is 10.8. The minimum absolute atomic E-state index is 0.135. The fraction of sp³-hybridized carbons (Fsp3) is 0.185. The van der Waals surface area contributed by atoms with Gasteiger partial charge in [-0.3, -0.25) is 9.59 Å². The van der Waals surface area contributed by atoms with Gasteiger partial charge >= 0.3 is 6.61 Å². The minimum atomic E-state index is -3.04. The van der Waals surface area contributed by atoms with Crippen LogP contribution in [0.1, 0.15) is 34.5 Å². The Morgan fingerprint density at radius 1 is 1.00 bits per heavy atom. The van der Waals surface area contributed by atoms with Crippen LogP contribution in [0.3, 0.4) is 0 Å². The Morgan fingerprint density at radius 3 is 2.40 bits per heavy atom. The van der Waals surface area contributed by atoms with E-state index in [0.29, 0.717) is 11.3 Å². The SMILES string of the molecule is COc1cccc(/C=C/C(=O)N(C)C(C)c2cccc(NC(=O)c3ccccc3)c2)c1OC(F)F. The number of carbonyl (C=O) groups excluding carboxylic acids is 2. The summed E-state index contributed by atoms with van der Waals surface area (Å²) in [6, 6.07) is 20.4. The fourth-order valence-electron chi connectivity index (χ4n) is 3.40. The first-order chi connectivity index (χ1) is 16.8. The van der Waals surface area contributed by atoms with Crippen LogP contribution >= 0.6 is 0 Å². The number of benzene rings is 3. The standard InChI is InChI=1S/C27H26F2N2O4/c1-18(21-12-7-13-22(17-21)30-26(33)20-9-5-4-6-10-20)31(2)24(32)16-15-19-11-8-14-23(34-3)25(19)35-27(28)29/h4-18,27H,1-3H3,(H,30,33)/b16-15+. The van der Waals surface area contributed by atoms with Crippen LogP contribution in [0.5, 0.6) is 11.5 Å². The zero-order valence-electron chi connectivity index (χ0n) is 19.6. The highest BCUT2D eigenvalue weighted by Gasteiger charge is 2.18. The molecule has 0 aliphatic rings. The van der Waals surface area contributed by atoms with Crippen LogP contribution in [0.4, 0.5) is 14.5 Å². The predicted octanol–water partition coefficient (Wildman–Crippen LogP) is 5.78. The van der Waals surface area contributed by atoms with Crippen molar-refractivity contribution in [1.82, 2.24) is 4.90 Å². The second-order valence-corrected chi connectivity index (χ2v) is 7.66. The first-order valence-corrected chi connectivity index (χ1v) is 10.8. The van der Waals surface area contributed by atoms with Gasteiger partial charge in [-0.15, -0.1) is 0 Å². The van der Waals surface area contributed by atoms with Crippen molar-refractivity contribution in [3.8, 4) is 11.5 Å². The molecule has 35 heavy (non-hydrogen) atoms. The Balaban J connectivity index is 1.73. The maximum atomic E-state index is 12.8. The number of anilines is 1. The second kappa shape index (κ2) is 11.8. The summed E-state index contributed by atoms with van der Waals surface area (Å²) in [6.45, 7) is -1.19. The molecule has 3 aromatic carbocycles. The molecule has 0 spiro atoms.